The molecule has 9 heteroatoms. The average molecular weight is 521 g/mol. The van der Waals surface area contributed by atoms with Gasteiger partial charge in [0.05, 0.1) is 13.2 Å². The standard InChI is InChI=1S/C27H52O9/c1-3-4-5-6-7-8-9-10-11-12-13-14-15-16-17-18-19-35-26(32)36-22-21(29)24(30)27(33,20-28)25(31)23(22)34-2/h21-25,28-31,33H,3-20H2,1-2H3/t21-,22-,23+,24+,25+,27+/m1/s1. The molecule has 0 saturated heterocycles. The number of unbranched alkanes of at least 4 members (excludes halogenated alkanes) is 15. The lowest BCUT2D eigenvalue weighted by molar-refractivity contribution is -0.281. The number of ether oxygens (including phenoxy) is 3. The van der Waals surface area contributed by atoms with Crippen molar-refractivity contribution in [1.29, 1.82) is 0 Å². The molecule has 0 amide bonds. The molecule has 9 nitrogen and oxygen atoms in total. The van der Waals surface area contributed by atoms with E-state index < -0.39 is 48.9 Å². The Morgan fingerprint density at radius 3 is 1.58 bits per heavy atom. The highest BCUT2D eigenvalue weighted by molar-refractivity contribution is 5.60. The van der Waals surface area contributed by atoms with Gasteiger partial charge in [-0.3, -0.25) is 0 Å². The molecular formula is C27H52O9. The monoisotopic (exact) mass is 520 g/mol. The van der Waals surface area contributed by atoms with Gasteiger partial charge in [-0.25, -0.2) is 4.79 Å². The first-order valence-corrected chi connectivity index (χ1v) is 14.1. The third-order valence-electron chi connectivity index (χ3n) is 7.29. The lowest BCUT2D eigenvalue weighted by Gasteiger charge is -2.48. The topological polar surface area (TPSA) is 146 Å². The van der Waals surface area contributed by atoms with E-state index in [1.165, 1.54) is 84.2 Å². The molecule has 1 aliphatic carbocycles. The summed E-state index contributed by atoms with van der Waals surface area (Å²) < 4.78 is 15.2. The number of hydrogen-bond acceptors (Lipinski definition) is 9. The van der Waals surface area contributed by atoms with E-state index in [-0.39, 0.29) is 6.61 Å². The fourth-order valence-corrected chi connectivity index (χ4v) is 4.85. The molecule has 1 fully saturated rings. The van der Waals surface area contributed by atoms with Crippen LogP contribution in [-0.4, -0.2) is 88.1 Å². The van der Waals surface area contributed by atoms with Crippen molar-refractivity contribution in [2.75, 3.05) is 20.3 Å². The zero-order chi connectivity index (χ0) is 26.8. The number of aliphatic hydroxyl groups is 5. The van der Waals surface area contributed by atoms with Crippen LogP contribution in [-0.2, 0) is 14.2 Å². The van der Waals surface area contributed by atoms with E-state index in [4.69, 9.17) is 14.2 Å². The fraction of sp³-hybridized carbons (Fsp3) is 0.963. The van der Waals surface area contributed by atoms with E-state index in [0.717, 1.165) is 19.3 Å². The summed E-state index contributed by atoms with van der Waals surface area (Å²) >= 11 is 0. The molecule has 36 heavy (non-hydrogen) atoms. The molecule has 5 N–H and O–H groups in total. The van der Waals surface area contributed by atoms with Crippen LogP contribution in [0, 0.1) is 0 Å². The first-order valence-electron chi connectivity index (χ1n) is 14.1. The molecule has 0 radical (unpaired) electrons. The van der Waals surface area contributed by atoms with E-state index in [1.807, 2.05) is 0 Å². The molecular weight excluding hydrogens is 468 g/mol. The van der Waals surface area contributed by atoms with Gasteiger partial charge in [-0.15, -0.1) is 0 Å². The van der Waals surface area contributed by atoms with E-state index >= 15 is 0 Å². The van der Waals surface area contributed by atoms with Crippen LogP contribution in [0.5, 0.6) is 0 Å². The molecule has 0 aromatic carbocycles. The molecule has 0 aromatic heterocycles. The van der Waals surface area contributed by atoms with Gasteiger partial charge in [0.1, 0.15) is 30.0 Å². The highest BCUT2D eigenvalue weighted by Gasteiger charge is 2.59. The molecule has 1 rings (SSSR count). The van der Waals surface area contributed by atoms with Gasteiger partial charge in [-0.1, -0.05) is 103 Å². The summed E-state index contributed by atoms with van der Waals surface area (Å²) in [5.74, 6) is 0. The minimum Gasteiger partial charge on any atom is -0.434 e. The SMILES string of the molecule is CCCCCCCCCCCCCCCCCCOC(=O)O[C@@H]1[C@@H](O)[C@H](O)[C@@](O)(CO)[C@@H](O)[C@H]1OC. The second kappa shape index (κ2) is 19.2. The second-order valence-electron chi connectivity index (χ2n) is 10.2. The summed E-state index contributed by atoms with van der Waals surface area (Å²) in [6.07, 6.45) is 10.5. The number of carbonyl (C=O) groups is 1. The van der Waals surface area contributed by atoms with Crippen molar-refractivity contribution in [1.82, 2.24) is 0 Å². The van der Waals surface area contributed by atoms with Crippen molar-refractivity contribution >= 4 is 6.16 Å². The molecule has 0 spiro atoms. The smallest absolute Gasteiger partial charge is 0.434 e. The highest BCUT2D eigenvalue weighted by Crippen LogP contribution is 2.33. The van der Waals surface area contributed by atoms with E-state index in [1.54, 1.807) is 0 Å². The van der Waals surface area contributed by atoms with Crippen LogP contribution in [0.15, 0.2) is 0 Å². The third-order valence-corrected chi connectivity index (χ3v) is 7.29. The minimum absolute atomic E-state index is 0.156. The van der Waals surface area contributed by atoms with Gasteiger partial charge in [0.2, 0.25) is 0 Å². The van der Waals surface area contributed by atoms with Crippen molar-refractivity contribution < 1.29 is 44.5 Å². The maximum Gasteiger partial charge on any atom is 0.508 e. The summed E-state index contributed by atoms with van der Waals surface area (Å²) in [5.41, 5.74) is -2.41. The molecule has 0 bridgehead atoms. The predicted molar refractivity (Wildman–Crippen MR) is 137 cm³/mol. The Morgan fingerprint density at radius 1 is 0.722 bits per heavy atom. The maximum atomic E-state index is 12.0. The fourth-order valence-electron chi connectivity index (χ4n) is 4.85. The van der Waals surface area contributed by atoms with Crippen LogP contribution >= 0.6 is 0 Å². The van der Waals surface area contributed by atoms with Crippen LogP contribution in [0.4, 0.5) is 4.79 Å². The molecule has 0 heterocycles. The van der Waals surface area contributed by atoms with Crippen molar-refractivity contribution in [3.8, 4) is 0 Å². The van der Waals surface area contributed by atoms with Gasteiger partial charge >= 0.3 is 6.16 Å². The number of rotatable bonds is 20. The lowest BCUT2D eigenvalue weighted by atomic mass is 9.75. The third kappa shape index (κ3) is 11.2. The Hall–Kier alpha value is -0.970. The molecule has 0 unspecified atom stereocenters. The maximum absolute atomic E-state index is 12.0. The second-order valence-corrected chi connectivity index (χ2v) is 10.2. The zero-order valence-electron chi connectivity index (χ0n) is 22.5. The molecule has 1 aliphatic rings. The molecule has 1 saturated carbocycles. The van der Waals surface area contributed by atoms with Crippen molar-refractivity contribution in [3.05, 3.63) is 0 Å². The molecule has 214 valence electrons. The quantitative estimate of drug-likeness (QED) is 0.120. The van der Waals surface area contributed by atoms with Gasteiger partial charge in [0, 0.05) is 7.11 Å². The normalized spacial score (nSPS) is 28.2. The number of carbonyl (C=O) groups excluding carboxylic acids is 1. The highest BCUT2D eigenvalue weighted by atomic mass is 16.7. The minimum atomic E-state index is -2.41. The molecule has 0 aliphatic heterocycles. The Balaban J connectivity index is 2.06. The summed E-state index contributed by atoms with van der Waals surface area (Å²) in [4.78, 5) is 12.0. The van der Waals surface area contributed by atoms with Crippen LogP contribution in [0.2, 0.25) is 0 Å². The first-order chi connectivity index (χ1) is 17.3. The van der Waals surface area contributed by atoms with Crippen LogP contribution < -0.4 is 0 Å². The summed E-state index contributed by atoms with van der Waals surface area (Å²) in [7, 11) is 1.19. The van der Waals surface area contributed by atoms with Gasteiger partial charge in [-0.2, -0.15) is 0 Å². The zero-order valence-corrected chi connectivity index (χ0v) is 22.5. The Kier molecular flexibility index (Phi) is 17.6. The van der Waals surface area contributed by atoms with E-state index in [9.17, 15) is 30.3 Å². The molecule has 0 aromatic rings. The number of hydrogen-bond donors (Lipinski definition) is 5. The van der Waals surface area contributed by atoms with Gasteiger partial charge in [0.25, 0.3) is 0 Å². The van der Waals surface area contributed by atoms with E-state index in [2.05, 4.69) is 6.92 Å². The Morgan fingerprint density at radius 2 is 1.17 bits per heavy atom. The largest absolute Gasteiger partial charge is 0.508 e. The van der Waals surface area contributed by atoms with Crippen molar-refractivity contribution in [3.63, 3.8) is 0 Å². The average Bonchev–Trinajstić information content (AvgIpc) is 2.88. The molecule has 6 atom stereocenters. The van der Waals surface area contributed by atoms with Crippen molar-refractivity contribution in [2.45, 2.75) is 146 Å². The number of methoxy groups -OCH3 is 1. The predicted octanol–water partition coefficient (Wildman–Crippen LogP) is 3.60. The number of aliphatic hydroxyl groups excluding tert-OH is 4. The van der Waals surface area contributed by atoms with Crippen LogP contribution in [0.1, 0.15) is 110 Å². The summed E-state index contributed by atoms with van der Waals surface area (Å²) in [6, 6.07) is 0. The van der Waals surface area contributed by atoms with Crippen LogP contribution in [0.25, 0.3) is 0 Å². The Labute approximate surface area is 217 Å². The van der Waals surface area contributed by atoms with Gasteiger partial charge in [0.15, 0.2) is 6.10 Å². The Bertz CT molecular complexity index is 561. The van der Waals surface area contributed by atoms with Crippen molar-refractivity contribution in [2.24, 2.45) is 0 Å². The van der Waals surface area contributed by atoms with Crippen LogP contribution in [0.3, 0.4) is 0 Å². The van der Waals surface area contributed by atoms with E-state index in [0.29, 0.717) is 6.42 Å². The lowest BCUT2D eigenvalue weighted by Crippen LogP contribution is -2.73. The van der Waals surface area contributed by atoms with Gasteiger partial charge in [-0.05, 0) is 6.42 Å². The first kappa shape index (κ1) is 33.1. The summed E-state index contributed by atoms with van der Waals surface area (Å²) in [5, 5.41) is 50.2. The summed E-state index contributed by atoms with van der Waals surface area (Å²) in [6.45, 7) is 1.40. The van der Waals surface area contributed by atoms with Gasteiger partial charge < -0.3 is 39.7 Å².